The predicted molar refractivity (Wildman–Crippen MR) is 68.4 cm³/mol. The molecule has 4 nitrogen and oxygen atoms in total. The molecule has 1 saturated heterocycles. The minimum atomic E-state index is -0.912. The molecule has 3 N–H and O–H groups in total. The minimum absolute atomic E-state index is 0.305. The van der Waals surface area contributed by atoms with Crippen molar-refractivity contribution in [3.8, 4) is 0 Å². The van der Waals surface area contributed by atoms with Gasteiger partial charge in [-0.2, -0.15) is 0 Å². The number of rotatable bonds is 2. The topological polar surface area (TPSA) is 66.6 Å². The van der Waals surface area contributed by atoms with Crippen LogP contribution in [0.1, 0.15) is 30.1 Å². The average molecular weight is 234 g/mol. The third-order valence-electron chi connectivity index (χ3n) is 3.27. The second kappa shape index (κ2) is 4.65. The number of nitrogens with two attached hydrogens (primary N) is 1. The van der Waals surface area contributed by atoms with Gasteiger partial charge in [-0.25, -0.2) is 4.79 Å². The molecule has 1 aromatic carbocycles. The number of hydrogen-bond acceptors (Lipinski definition) is 3. The summed E-state index contributed by atoms with van der Waals surface area (Å²) in [6.45, 7) is 3.96. The summed E-state index contributed by atoms with van der Waals surface area (Å²) in [7, 11) is 0. The maximum Gasteiger partial charge on any atom is 0.337 e. The third-order valence-corrected chi connectivity index (χ3v) is 3.27. The van der Waals surface area contributed by atoms with Gasteiger partial charge in [0.2, 0.25) is 0 Å². The number of hydrogen-bond donors (Lipinski definition) is 2. The van der Waals surface area contributed by atoms with Crippen LogP contribution in [0.5, 0.6) is 0 Å². The molecular formula is C13H18N2O2. The van der Waals surface area contributed by atoms with Crippen LogP contribution in [0.4, 0.5) is 11.4 Å². The monoisotopic (exact) mass is 234 g/mol. The molecule has 0 amide bonds. The van der Waals surface area contributed by atoms with Crippen molar-refractivity contribution in [2.75, 3.05) is 23.7 Å². The Bertz CT molecular complexity index is 431. The Morgan fingerprint density at radius 1 is 1.53 bits per heavy atom. The van der Waals surface area contributed by atoms with E-state index in [0.29, 0.717) is 22.9 Å². The van der Waals surface area contributed by atoms with E-state index in [1.54, 1.807) is 18.2 Å². The number of carboxylic acid groups (broad SMARTS) is 1. The minimum Gasteiger partial charge on any atom is -0.478 e. The fraction of sp³-hybridized carbons (Fsp3) is 0.462. The summed E-state index contributed by atoms with van der Waals surface area (Å²) in [5.41, 5.74) is 7.48. The Labute approximate surface area is 101 Å². The van der Waals surface area contributed by atoms with Crippen LogP contribution in [0.2, 0.25) is 0 Å². The summed E-state index contributed by atoms with van der Waals surface area (Å²) in [4.78, 5) is 13.3. The molecule has 1 atom stereocenters. The molecule has 0 saturated carbocycles. The summed E-state index contributed by atoms with van der Waals surface area (Å²) in [5, 5.41) is 9.20. The number of piperidine rings is 1. The average Bonchev–Trinajstić information content (AvgIpc) is 2.28. The van der Waals surface area contributed by atoms with Crippen molar-refractivity contribution < 1.29 is 9.90 Å². The molecule has 0 aliphatic carbocycles. The fourth-order valence-electron chi connectivity index (χ4n) is 2.48. The predicted octanol–water partition coefficient (Wildman–Crippen LogP) is 2.20. The van der Waals surface area contributed by atoms with Gasteiger partial charge >= 0.3 is 5.97 Å². The van der Waals surface area contributed by atoms with E-state index in [0.717, 1.165) is 19.5 Å². The quantitative estimate of drug-likeness (QED) is 0.770. The maximum absolute atomic E-state index is 11.2. The van der Waals surface area contributed by atoms with E-state index < -0.39 is 5.97 Å². The van der Waals surface area contributed by atoms with E-state index in [-0.39, 0.29) is 0 Å². The van der Waals surface area contributed by atoms with Crippen molar-refractivity contribution in [2.45, 2.75) is 19.8 Å². The van der Waals surface area contributed by atoms with Gasteiger partial charge < -0.3 is 15.7 Å². The lowest BCUT2D eigenvalue weighted by atomic mass is 9.98. The largest absolute Gasteiger partial charge is 0.478 e. The fourth-order valence-corrected chi connectivity index (χ4v) is 2.48. The van der Waals surface area contributed by atoms with Crippen LogP contribution in [-0.2, 0) is 0 Å². The Morgan fingerprint density at radius 3 is 2.94 bits per heavy atom. The summed E-state index contributed by atoms with van der Waals surface area (Å²) in [6, 6.07) is 5.07. The van der Waals surface area contributed by atoms with Crippen LogP contribution in [0.25, 0.3) is 0 Å². The zero-order chi connectivity index (χ0) is 12.4. The van der Waals surface area contributed by atoms with Gasteiger partial charge in [0.15, 0.2) is 0 Å². The highest BCUT2D eigenvalue weighted by Gasteiger charge is 2.22. The Balaban J connectivity index is 2.39. The van der Waals surface area contributed by atoms with Crippen LogP contribution >= 0.6 is 0 Å². The Hall–Kier alpha value is -1.71. The van der Waals surface area contributed by atoms with Gasteiger partial charge in [-0.05, 0) is 30.9 Å². The number of carbonyl (C=O) groups is 1. The van der Waals surface area contributed by atoms with Gasteiger partial charge in [-0.15, -0.1) is 0 Å². The SMILES string of the molecule is CC1CCCN(c2c(N)cccc2C(=O)O)C1. The summed E-state index contributed by atoms with van der Waals surface area (Å²) in [5.74, 6) is -0.324. The van der Waals surface area contributed by atoms with Crippen LogP contribution in [-0.4, -0.2) is 24.2 Å². The van der Waals surface area contributed by atoms with Crippen LogP contribution in [0, 0.1) is 5.92 Å². The Kier molecular flexibility index (Phi) is 3.22. The third kappa shape index (κ3) is 2.35. The van der Waals surface area contributed by atoms with E-state index in [1.807, 2.05) is 0 Å². The summed E-state index contributed by atoms with van der Waals surface area (Å²) < 4.78 is 0. The number of para-hydroxylation sites is 1. The normalized spacial score (nSPS) is 20.3. The Morgan fingerprint density at radius 2 is 2.29 bits per heavy atom. The zero-order valence-corrected chi connectivity index (χ0v) is 10.0. The van der Waals surface area contributed by atoms with E-state index in [4.69, 9.17) is 5.73 Å². The van der Waals surface area contributed by atoms with Gasteiger partial charge in [-0.3, -0.25) is 0 Å². The first-order valence-corrected chi connectivity index (χ1v) is 5.96. The molecule has 1 fully saturated rings. The summed E-state index contributed by atoms with van der Waals surface area (Å²) >= 11 is 0. The van der Waals surface area contributed by atoms with Gasteiger partial charge in [0.1, 0.15) is 0 Å². The maximum atomic E-state index is 11.2. The number of benzene rings is 1. The lowest BCUT2D eigenvalue weighted by Gasteiger charge is -2.34. The molecule has 0 spiro atoms. The number of nitrogen functional groups attached to an aromatic ring is 1. The first kappa shape index (κ1) is 11.8. The van der Waals surface area contributed by atoms with Gasteiger partial charge in [0, 0.05) is 13.1 Å². The van der Waals surface area contributed by atoms with Crippen molar-refractivity contribution >= 4 is 17.3 Å². The second-order valence-electron chi connectivity index (χ2n) is 4.74. The molecular weight excluding hydrogens is 216 g/mol. The standard InChI is InChI=1S/C13H18N2O2/c1-9-4-3-7-15(8-9)12-10(13(16)17)5-2-6-11(12)14/h2,5-6,9H,3-4,7-8,14H2,1H3,(H,16,17). The molecule has 1 aliphatic rings. The molecule has 2 rings (SSSR count). The number of nitrogens with zero attached hydrogens (tertiary/aromatic N) is 1. The number of carboxylic acids is 1. The van der Waals surface area contributed by atoms with E-state index in [9.17, 15) is 9.90 Å². The molecule has 1 aromatic rings. The lowest BCUT2D eigenvalue weighted by Crippen LogP contribution is -2.35. The van der Waals surface area contributed by atoms with Crippen molar-refractivity contribution in [3.63, 3.8) is 0 Å². The lowest BCUT2D eigenvalue weighted by molar-refractivity contribution is 0.0697. The van der Waals surface area contributed by atoms with Crippen LogP contribution < -0.4 is 10.6 Å². The van der Waals surface area contributed by atoms with E-state index in [1.165, 1.54) is 6.42 Å². The number of aromatic carboxylic acids is 1. The first-order chi connectivity index (χ1) is 8.09. The van der Waals surface area contributed by atoms with Crippen molar-refractivity contribution in [2.24, 2.45) is 5.92 Å². The molecule has 0 bridgehead atoms. The van der Waals surface area contributed by atoms with Crippen molar-refractivity contribution in [3.05, 3.63) is 23.8 Å². The van der Waals surface area contributed by atoms with Crippen LogP contribution in [0.15, 0.2) is 18.2 Å². The molecule has 1 unspecified atom stereocenters. The highest BCUT2D eigenvalue weighted by molar-refractivity contribution is 5.98. The van der Waals surface area contributed by atoms with E-state index in [2.05, 4.69) is 11.8 Å². The smallest absolute Gasteiger partial charge is 0.337 e. The molecule has 17 heavy (non-hydrogen) atoms. The highest BCUT2D eigenvalue weighted by Crippen LogP contribution is 2.31. The van der Waals surface area contributed by atoms with Gasteiger partial charge in [-0.1, -0.05) is 13.0 Å². The zero-order valence-electron chi connectivity index (χ0n) is 10.0. The second-order valence-corrected chi connectivity index (χ2v) is 4.74. The molecule has 0 radical (unpaired) electrons. The number of anilines is 2. The molecule has 1 heterocycles. The van der Waals surface area contributed by atoms with E-state index >= 15 is 0 Å². The van der Waals surface area contributed by atoms with Gasteiger partial charge in [0.25, 0.3) is 0 Å². The summed E-state index contributed by atoms with van der Waals surface area (Å²) in [6.07, 6.45) is 2.29. The first-order valence-electron chi connectivity index (χ1n) is 5.96. The molecule has 1 aliphatic heterocycles. The molecule has 0 aromatic heterocycles. The van der Waals surface area contributed by atoms with Crippen LogP contribution in [0.3, 0.4) is 0 Å². The molecule has 4 heteroatoms. The molecule has 92 valence electrons. The van der Waals surface area contributed by atoms with Crippen molar-refractivity contribution in [1.82, 2.24) is 0 Å². The van der Waals surface area contributed by atoms with Crippen molar-refractivity contribution in [1.29, 1.82) is 0 Å². The highest BCUT2D eigenvalue weighted by atomic mass is 16.4. The van der Waals surface area contributed by atoms with Gasteiger partial charge in [0.05, 0.1) is 16.9 Å².